The Kier molecular flexibility index (Phi) is 3.03. The van der Waals surface area contributed by atoms with E-state index in [0.717, 1.165) is 0 Å². The third-order valence-electron chi connectivity index (χ3n) is 1.63. The molecule has 0 spiro atoms. The Labute approximate surface area is 83.8 Å². The Morgan fingerprint density at radius 2 is 2.15 bits per heavy atom. The molecule has 0 saturated carbocycles. The van der Waals surface area contributed by atoms with Crippen molar-refractivity contribution in [3.05, 3.63) is 28.0 Å². The molecule has 0 heterocycles. The second kappa shape index (κ2) is 3.87. The molecule has 4 heteroatoms. The fourth-order valence-electron chi connectivity index (χ4n) is 1.01. The van der Waals surface area contributed by atoms with Crippen LogP contribution in [0.15, 0.2) is 16.6 Å². The van der Waals surface area contributed by atoms with Gasteiger partial charge in [0.25, 0.3) is 0 Å². The highest BCUT2D eigenvalue weighted by atomic mass is 79.9. The number of carbonyl (C=O) groups is 1. The molecule has 0 aliphatic carbocycles. The summed E-state index contributed by atoms with van der Waals surface area (Å²) in [7, 11) is 1.39. The van der Waals surface area contributed by atoms with E-state index in [-0.39, 0.29) is 16.0 Å². The van der Waals surface area contributed by atoms with Crippen LogP contribution in [0.1, 0.15) is 17.3 Å². The summed E-state index contributed by atoms with van der Waals surface area (Å²) in [4.78, 5) is 11.1. The molecule has 1 aromatic rings. The van der Waals surface area contributed by atoms with Gasteiger partial charge in [0.05, 0.1) is 17.1 Å². The molecule has 0 aliphatic heterocycles. The van der Waals surface area contributed by atoms with Crippen molar-refractivity contribution >= 4 is 21.7 Å². The zero-order valence-electron chi connectivity index (χ0n) is 7.23. The quantitative estimate of drug-likeness (QED) is 0.751. The molecule has 0 aromatic heterocycles. The molecule has 0 radical (unpaired) electrons. The van der Waals surface area contributed by atoms with Gasteiger partial charge in [-0.15, -0.1) is 0 Å². The highest BCUT2D eigenvalue weighted by Gasteiger charge is 2.14. The van der Waals surface area contributed by atoms with Crippen molar-refractivity contribution in [1.29, 1.82) is 0 Å². The lowest BCUT2D eigenvalue weighted by molar-refractivity contribution is 0.101. The molecule has 0 saturated heterocycles. The fraction of sp³-hybridized carbons (Fsp3) is 0.222. The monoisotopic (exact) mass is 246 g/mol. The van der Waals surface area contributed by atoms with Crippen LogP contribution in [0.4, 0.5) is 4.39 Å². The van der Waals surface area contributed by atoms with E-state index in [1.807, 2.05) is 0 Å². The van der Waals surface area contributed by atoms with Gasteiger partial charge in [0.1, 0.15) is 11.6 Å². The van der Waals surface area contributed by atoms with Gasteiger partial charge in [-0.1, -0.05) is 0 Å². The van der Waals surface area contributed by atoms with Gasteiger partial charge in [-0.3, -0.25) is 4.79 Å². The molecule has 0 unspecified atom stereocenters. The first-order valence-corrected chi connectivity index (χ1v) is 4.40. The van der Waals surface area contributed by atoms with Crippen molar-refractivity contribution in [3.8, 4) is 5.75 Å². The number of benzene rings is 1. The largest absolute Gasteiger partial charge is 0.495 e. The molecule has 0 N–H and O–H groups in total. The minimum Gasteiger partial charge on any atom is -0.495 e. The van der Waals surface area contributed by atoms with Crippen LogP contribution in [0, 0.1) is 5.82 Å². The average molecular weight is 247 g/mol. The predicted octanol–water partition coefficient (Wildman–Crippen LogP) is 2.80. The summed E-state index contributed by atoms with van der Waals surface area (Å²) in [5.74, 6) is -0.355. The third-order valence-corrected chi connectivity index (χ3v) is 2.37. The van der Waals surface area contributed by atoms with Crippen LogP contribution in [0.25, 0.3) is 0 Å². The summed E-state index contributed by atoms with van der Waals surface area (Å²) in [5, 5.41) is 0. The maximum atomic E-state index is 13.0. The van der Waals surface area contributed by atoms with E-state index in [1.54, 1.807) is 0 Å². The molecule has 70 valence electrons. The Hall–Kier alpha value is -0.900. The lowest BCUT2D eigenvalue weighted by atomic mass is 10.1. The number of carbonyl (C=O) groups excluding carboxylic acids is 1. The topological polar surface area (TPSA) is 26.3 Å². The van der Waals surface area contributed by atoms with Crippen LogP contribution >= 0.6 is 15.9 Å². The minimum atomic E-state index is -0.443. The van der Waals surface area contributed by atoms with Gasteiger partial charge in [0.2, 0.25) is 0 Å². The maximum Gasteiger partial charge on any atom is 0.163 e. The maximum absolute atomic E-state index is 13.0. The Morgan fingerprint density at radius 3 is 2.62 bits per heavy atom. The zero-order valence-corrected chi connectivity index (χ0v) is 8.81. The normalized spacial score (nSPS) is 9.85. The fourth-order valence-corrected chi connectivity index (χ4v) is 1.52. The Bertz CT molecular complexity index is 350. The van der Waals surface area contributed by atoms with Crippen molar-refractivity contribution < 1.29 is 13.9 Å². The molecular weight excluding hydrogens is 239 g/mol. The van der Waals surface area contributed by atoms with E-state index >= 15 is 0 Å². The summed E-state index contributed by atoms with van der Waals surface area (Å²) in [6.45, 7) is 1.40. The summed E-state index contributed by atoms with van der Waals surface area (Å²) in [6.07, 6.45) is 0. The first kappa shape index (κ1) is 10.2. The van der Waals surface area contributed by atoms with Crippen LogP contribution in [0.3, 0.4) is 0 Å². The molecule has 2 nitrogen and oxygen atoms in total. The first-order chi connectivity index (χ1) is 6.07. The minimum absolute atomic E-state index is 0.155. The van der Waals surface area contributed by atoms with Gasteiger partial charge in [-0.05, 0) is 35.0 Å². The van der Waals surface area contributed by atoms with Crippen molar-refractivity contribution in [2.75, 3.05) is 7.11 Å². The van der Waals surface area contributed by atoms with Gasteiger partial charge < -0.3 is 4.74 Å². The molecule has 0 atom stereocenters. The van der Waals surface area contributed by atoms with Crippen molar-refractivity contribution in [2.45, 2.75) is 6.92 Å². The van der Waals surface area contributed by atoms with E-state index < -0.39 is 5.82 Å². The standard InChI is InChI=1S/C9H8BrFO2/c1-5(12)6-3-4-7(11)8(10)9(6)13-2/h3-4H,1-2H3. The molecule has 1 rings (SSSR count). The van der Waals surface area contributed by atoms with Gasteiger partial charge in [-0.2, -0.15) is 0 Å². The highest BCUT2D eigenvalue weighted by Crippen LogP contribution is 2.31. The van der Waals surface area contributed by atoms with E-state index in [2.05, 4.69) is 15.9 Å². The van der Waals surface area contributed by atoms with E-state index in [0.29, 0.717) is 5.56 Å². The number of hydrogen-bond acceptors (Lipinski definition) is 2. The number of ketones is 1. The number of methoxy groups -OCH3 is 1. The second-order valence-electron chi connectivity index (χ2n) is 2.50. The van der Waals surface area contributed by atoms with Crippen LogP contribution in [0.2, 0.25) is 0 Å². The van der Waals surface area contributed by atoms with Crippen LogP contribution < -0.4 is 4.74 Å². The molecule has 0 aliphatic rings. The number of halogens is 2. The summed E-state index contributed by atoms with van der Waals surface area (Å²) >= 11 is 3.01. The smallest absolute Gasteiger partial charge is 0.163 e. The molecule has 0 fully saturated rings. The van der Waals surface area contributed by atoms with Crippen molar-refractivity contribution in [3.63, 3.8) is 0 Å². The third kappa shape index (κ3) is 1.88. The van der Waals surface area contributed by atoms with Gasteiger partial charge in [-0.25, -0.2) is 4.39 Å². The first-order valence-electron chi connectivity index (χ1n) is 3.61. The highest BCUT2D eigenvalue weighted by molar-refractivity contribution is 9.10. The molecular formula is C9H8BrFO2. The molecule has 13 heavy (non-hydrogen) atoms. The van der Waals surface area contributed by atoms with Gasteiger partial charge >= 0.3 is 0 Å². The summed E-state index contributed by atoms with van der Waals surface area (Å²) in [6, 6.07) is 2.63. The lowest BCUT2D eigenvalue weighted by Crippen LogP contribution is -1.99. The lowest BCUT2D eigenvalue weighted by Gasteiger charge is -2.07. The summed E-state index contributed by atoms with van der Waals surface area (Å²) < 4.78 is 18.1. The number of ether oxygens (including phenoxy) is 1. The van der Waals surface area contributed by atoms with Crippen molar-refractivity contribution in [2.24, 2.45) is 0 Å². The summed E-state index contributed by atoms with van der Waals surface area (Å²) in [5.41, 5.74) is 0.371. The Morgan fingerprint density at radius 1 is 1.54 bits per heavy atom. The number of Topliss-reactive ketones (excluding diaryl/α,β-unsaturated/α-hetero) is 1. The molecule has 0 bridgehead atoms. The molecule has 1 aromatic carbocycles. The Balaban J connectivity index is 3.38. The second-order valence-corrected chi connectivity index (χ2v) is 3.29. The van der Waals surface area contributed by atoms with Gasteiger partial charge in [0, 0.05) is 0 Å². The SMILES string of the molecule is COc1c(C(C)=O)ccc(F)c1Br. The van der Waals surface area contributed by atoms with Crippen LogP contribution in [-0.2, 0) is 0 Å². The predicted molar refractivity (Wildman–Crippen MR) is 50.7 cm³/mol. The van der Waals surface area contributed by atoms with E-state index in [4.69, 9.17) is 4.74 Å². The van der Waals surface area contributed by atoms with Crippen LogP contribution in [0.5, 0.6) is 5.75 Å². The average Bonchev–Trinajstić information content (AvgIpc) is 2.09. The van der Waals surface area contributed by atoms with E-state index in [9.17, 15) is 9.18 Å². The van der Waals surface area contributed by atoms with Crippen molar-refractivity contribution in [1.82, 2.24) is 0 Å². The number of hydrogen-bond donors (Lipinski definition) is 0. The van der Waals surface area contributed by atoms with Gasteiger partial charge in [0.15, 0.2) is 5.78 Å². The number of rotatable bonds is 2. The van der Waals surface area contributed by atoms with Crippen LogP contribution in [-0.4, -0.2) is 12.9 Å². The van der Waals surface area contributed by atoms with E-state index in [1.165, 1.54) is 26.2 Å². The zero-order chi connectivity index (χ0) is 10.0. The molecule has 0 amide bonds.